The number of hydrogen-bond acceptors (Lipinski definition) is 4. The van der Waals surface area contributed by atoms with E-state index in [4.69, 9.17) is 16.2 Å². The molecule has 5 nitrogen and oxygen atoms in total. The van der Waals surface area contributed by atoms with Crippen LogP contribution in [-0.2, 0) is 4.74 Å². The average molecular weight is 235 g/mol. The van der Waals surface area contributed by atoms with Crippen LogP contribution < -0.4 is 16.8 Å². The fraction of sp³-hybridized carbons (Fsp3) is 0.417. The van der Waals surface area contributed by atoms with Gasteiger partial charge in [-0.25, -0.2) is 0 Å². The van der Waals surface area contributed by atoms with Gasteiger partial charge < -0.3 is 21.5 Å². The number of nitrogen functional groups attached to an aromatic ring is 1. The van der Waals surface area contributed by atoms with Gasteiger partial charge in [0.25, 0.3) is 5.91 Å². The van der Waals surface area contributed by atoms with Crippen LogP contribution >= 0.6 is 0 Å². The molecule has 1 atom stereocenters. The Kier molecular flexibility index (Phi) is 3.49. The normalized spacial score (nSPS) is 19.2. The minimum atomic E-state index is -0.470. The van der Waals surface area contributed by atoms with Crippen LogP contribution in [0.5, 0.6) is 0 Å². The number of amides is 1. The standard InChI is InChI=1S/C12H17N3O2/c13-9-1-2-11(10(5-9)12(14)16)15-6-8-3-4-17-7-8/h1-2,5,8,15H,3-4,6-7,13H2,(H2,14,16). The van der Waals surface area contributed by atoms with Crippen LogP contribution in [0.1, 0.15) is 16.8 Å². The predicted octanol–water partition coefficient (Wildman–Crippen LogP) is 0.816. The summed E-state index contributed by atoms with van der Waals surface area (Å²) in [5.41, 5.74) is 12.6. The third kappa shape index (κ3) is 2.88. The molecule has 1 aliphatic heterocycles. The van der Waals surface area contributed by atoms with Crippen LogP contribution in [0.25, 0.3) is 0 Å². The zero-order valence-electron chi connectivity index (χ0n) is 9.61. The van der Waals surface area contributed by atoms with Crippen LogP contribution in [0.4, 0.5) is 11.4 Å². The lowest BCUT2D eigenvalue weighted by atomic mass is 10.1. The molecule has 0 bridgehead atoms. The second-order valence-electron chi connectivity index (χ2n) is 4.28. The number of rotatable bonds is 4. The molecule has 2 rings (SSSR count). The van der Waals surface area contributed by atoms with Crippen molar-refractivity contribution in [2.45, 2.75) is 6.42 Å². The Morgan fingerprint density at radius 1 is 1.53 bits per heavy atom. The molecule has 0 saturated carbocycles. The summed E-state index contributed by atoms with van der Waals surface area (Å²) >= 11 is 0. The van der Waals surface area contributed by atoms with E-state index in [1.165, 1.54) is 0 Å². The minimum Gasteiger partial charge on any atom is -0.399 e. The van der Waals surface area contributed by atoms with E-state index in [9.17, 15) is 4.79 Å². The van der Waals surface area contributed by atoms with Gasteiger partial charge in [-0.05, 0) is 24.6 Å². The first-order valence-electron chi connectivity index (χ1n) is 5.68. The van der Waals surface area contributed by atoms with E-state index in [1.54, 1.807) is 18.2 Å². The highest BCUT2D eigenvalue weighted by Crippen LogP contribution is 2.20. The maximum absolute atomic E-state index is 11.3. The summed E-state index contributed by atoms with van der Waals surface area (Å²) in [5, 5.41) is 3.23. The molecule has 1 aromatic carbocycles. The molecule has 5 heteroatoms. The number of ether oxygens (including phenoxy) is 1. The Labute approximate surface area is 100 Å². The first kappa shape index (κ1) is 11.7. The SMILES string of the molecule is NC(=O)c1cc(N)ccc1NCC1CCOC1. The zero-order valence-corrected chi connectivity index (χ0v) is 9.61. The van der Waals surface area contributed by atoms with Gasteiger partial charge >= 0.3 is 0 Å². The third-order valence-corrected chi connectivity index (χ3v) is 2.91. The second-order valence-corrected chi connectivity index (χ2v) is 4.28. The monoisotopic (exact) mass is 235 g/mol. The lowest BCUT2D eigenvalue weighted by Crippen LogP contribution is -2.18. The van der Waals surface area contributed by atoms with Crippen molar-refractivity contribution in [2.24, 2.45) is 11.7 Å². The largest absolute Gasteiger partial charge is 0.399 e. The first-order valence-corrected chi connectivity index (χ1v) is 5.68. The number of carbonyl (C=O) groups is 1. The first-order chi connectivity index (χ1) is 8.16. The number of carbonyl (C=O) groups excluding carboxylic acids is 1. The maximum Gasteiger partial charge on any atom is 0.250 e. The van der Waals surface area contributed by atoms with E-state index in [2.05, 4.69) is 5.32 Å². The number of anilines is 2. The smallest absolute Gasteiger partial charge is 0.250 e. The Morgan fingerprint density at radius 2 is 2.35 bits per heavy atom. The number of nitrogens with two attached hydrogens (primary N) is 2. The van der Waals surface area contributed by atoms with E-state index in [1.807, 2.05) is 0 Å². The van der Waals surface area contributed by atoms with Crippen molar-refractivity contribution in [3.63, 3.8) is 0 Å². The van der Waals surface area contributed by atoms with Gasteiger partial charge in [0, 0.05) is 30.4 Å². The van der Waals surface area contributed by atoms with Crippen LogP contribution in [0.3, 0.4) is 0 Å². The van der Waals surface area contributed by atoms with Crippen molar-refractivity contribution in [1.29, 1.82) is 0 Å². The molecule has 1 aromatic rings. The van der Waals surface area contributed by atoms with Gasteiger partial charge in [0.2, 0.25) is 0 Å². The van der Waals surface area contributed by atoms with Crippen molar-refractivity contribution in [3.8, 4) is 0 Å². The molecule has 0 aliphatic carbocycles. The topological polar surface area (TPSA) is 90.4 Å². The maximum atomic E-state index is 11.3. The van der Waals surface area contributed by atoms with E-state index >= 15 is 0 Å². The van der Waals surface area contributed by atoms with Crippen LogP contribution in [0.15, 0.2) is 18.2 Å². The van der Waals surface area contributed by atoms with E-state index in [0.29, 0.717) is 17.2 Å². The number of hydrogen-bond donors (Lipinski definition) is 3. The van der Waals surface area contributed by atoms with Crippen molar-refractivity contribution in [1.82, 2.24) is 0 Å². The number of primary amides is 1. The van der Waals surface area contributed by atoms with Gasteiger partial charge in [0.05, 0.1) is 12.2 Å². The lowest BCUT2D eigenvalue weighted by molar-refractivity contribution is 0.100. The molecule has 92 valence electrons. The van der Waals surface area contributed by atoms with Gasteiger partial charge in [-0.3, -0.25) is 4.79 Å². The molecule has 1 amide bonds. The van der Waals surface area contributed by atoms with Crippen LogP contribution in [0, 0.1) is 5.92 Å². The molecule has 5 N–H and O–H groups in total. The fourth-order valence-corrected chi connectivity index (χ4v) is 1.92. The molecule has 1 fully saturated rings. The summed E-state index contributed by atoms with van der Waals surface area (Å²) in [6.45, 7) is 2.37. The van der Waals surface area contributed by atoms with Gasteiger partial charge in [0.15, 0.2) is 0 Å². The highest BCUT2D eigenvalue weighted by molar-refractivity contribution is 5.99. The van der Waals surface area contributed by atoms with Crippen molar-refractivity contribution >= 4 is 17.3 Å². The molecule has 0 spiro atoms. The molecule has 1 heterocycles. The Morgan fingerprint density at radius 3 is 3.00 bits per heavy atom. The van der Waals surface area contributed by atoms with Gasteiger partial charge in [0.1, 0.15) is 0 Å². The number of benzene rings is 1. The summed E-state index contributed by atoms with van der Waals surface area (Å²) < 4.78 is 5.29. The second kappa shape index (κ2) is 5.05. The van der Waals surface area contributed by atoms with Gasteiger partial charge in [-0.15, -0.1) is 0 Å². The Hall–Kier alpha value is -1.75. The highest BCUT2D eigenvalue weighted by atomic mass is 16.5. The quantitative estimate of drug-likeness (QED) is 0.674. The molecular weight excluding hydrogens is 218 g/mol. The summed E-state index contributed by atoms with van der Waals surface area (Å²) in [6.07, 6.45) is 1.05. The van der Waals surface area contributed by atoms with E-state index in [-0.39, 0.29) is 0 Å². The zero-order chi connectivity index (χ0) is 12.3. The van der Waals surface area contributed by atoms with Crippen LogP contribution in [-0.4, -0.2) is 25.7 Å². The number of nitrogens with one attached hydrogen (secondary N) is 1. The Bertz CT molecular complexity index is 414. The molecule has 0 radical (unpaired) electrons. The molecule has 17 heavy (non-hydrogen) atoms. The highest BCUT2D eigenvalue weighted by Gasteiger charge is 2.16. The summed E-state index contributed by atoms with van der Waals surface area (Å²) in [6, 6.07) is 5.13. The van der Waals surface area contributed by atoms with E-state index < -0.39 is 5.91 Å². The fourth-order valence-electron chi connectivity index (χ4n) is 1.92. The Balaban J connectivity index is 2.06. The summed E-state index contributed by atoms with van der Waals surface area (Å²) in [4.78, 5) is 11.3. The van der Waals surface area contributed by atoms with Crippen molar-refractivity contribution < 1.29 is 9.53 Å². The summed E-state index contributed by atoms with van der Waals surface area (Å²) in [7, 11) is 0. The predicted molar refractivity (Wildman–Crippen MR) is 66.8 cm³/mol. The molecule has 1 aliphatic rings. The third-order valence-electron chi connectivity index (χ3n) is 2.91. The van der Waals surface area contributed by atoms with Crippen LogP contribution in [0.2, 0.25) is 0 Å². The summed E-state index contributed by atoms with van der Waals surface area (Å²) in [5.74, 6) is 0.0238. The van der Waals surface area contributed by atoms with E-state index in [0.717, 1.165) is 31.9 Å². The van der Waals surface area contributed by atoms with Crippen molar-refractivity contribution in [2.75, 3.05) is 30.8 Å². The molecule has 1 saturated heterocycles. The average Bonchev–Trinajstić information content (AvgIpc) is 2.80. The molecule has 1 unspecified atom stereocenters. The van der Waals surface area contributed by atoms with Gasteiger partial charge in [-0.2, -0.15) is 0 Å². The molecule has 0 aromatic heterocycles. The lowest BCUT2D eigenvalue weighted by Gasteiger charge is -2.13. The van der Waals surface area contributed by atoms with Gasteiger partial charge in [-0.1, -0.05) is 0 Å². The molecular formula is C12H17N3O2. The minimum absolute atomic E-state index is 0.434. The van der Waals surface area contributed by atoms with Crippen molar-refractivity contribution in [3.05, 3.63) is 23.8 Å².